The van der Waals surface area contributed by atoms with Crippen molar-refractivity contribution in [3.05, 3.63) is 23.8 Å². The van der Waals surface area contributed by atoms with Crippen molar-refractivity contribution < 1.29 is 14.6 Å². The largest absolute Gasteiger partial charge is 0.508 e. The molecule has 0 saturated heterocycles. The van der Waals surface area contributed by atoms with E-state index in [4.69, 9.17) is 9.47 Å². The highest BCUT2D eigenvalue weighted by Gasteiger charge is 2.03. The first-order valence-corrected chi connectivity index (χ1v) is 7.09. The number of nitrogens with zero attached hydrogens (tertiary/aromatic N) is 1. The van der Waals surface area contributed by atoms with E-state index in [0.29, 0.717) is 38.5 Å². The minimum atomic E-state index is 0.246. The summed E-state index contributed by atoms with van der Waals surface area (Å²) >= 11 is 0. The lowest BCUT2D eigenvalue weighted by Gasteiger charge is -2.12. The van der Waals surface area contributed by atoms with Gasteiger partial charge in [-0.1, -0.05) is 6.07 Å². The molecule has 0 aliphatic heterocycles. The Kier molecular flexibility index (Phi) is 8.04. The number of phenolic OH excluding ortho intramolecular Hbond substituents is 1. The number of nitrogens with one attached hydrogen (secondary N) is 2. The minimum Gasteiger partial charge on any atom is -0.508 e. The summed E-state index contributed by atoms with van der Waals surface area (Å²) in [6.45, 7) is 4.71. The second kappa shape index (κ2) is 9.88. The fourth-order valence-corrected chi connectivity index (χ4v) is 1.80. The van der Waals surface area contributed by atoms with Crippen LogP contribution in [0.3, 0.4) is 0 Å². The van der Waals surface area contributed by atoms with E-state index in [9.17, 15) is 5.11 Å². The highest BCUT2D eigenvalue weighted by molar-refractivity contribution is 5.79. The number of phenols is 1. The third kappa shape index (κ3) is 6.35. The molecule has 21 heavy (non-hydrogen) atoms. The van der Waals surface area contributed by atoms with Crippen LogP contribution >= 0.6 is 0 Å². The van der Waals surface area contributed by atoms with Gasteiger partial charge in [0.05, 0.1) is 13.7 Å². The molecule has 0 radical (unpaired) electrons. The normalized spacial score (nSPS) is 11.3. The van der Waals surface area contributed by atoms with Gasteiger partial charge in [0.25, 0.3) is 0 Å². The van der Waals surface area contributed by atoms with E-state index < -0.39 is 0 Å². The number of guanidine groups is 1. The van der Waals surface area contributed by atoms with Crippen molar-refractivity contribution in [2.75, 3.05) is 40.5 Å². The summed E-state index contributed by atoms with van der Waals surface area (Å²) in [5.74, 6) is 1.62. The van der Waals surface area contributed by atoms with Crippen LogP contribution in [0.4, 0.5) is 0 Å². The van der Waals surface area contributed by atoms with E-state index in [1.165, 1.54) is 0 Å². The molecule has 118 valence electrons. The number of aromatic hydroxyl groups is 1. The van der Waals surface area contributed by atoms with Crippen LogP contribution < -0.4 is 15.4 Å². The molecule has 0 spiro atoms. The first kappa shape index (κ1) is 17.1. The smallest absolute Gasteiger partial charge is 0.191 e. The minimum absolute atomic E-state index is 0.246. The summed E-state index contributed by atoms with van der Waals surface area (Å²) in [5, 5.41) is 16.2. The molecule has 3 N–H and O–H groups in total. The average molecular weight is 295 g/mol. The van der Waals surface area contributed by atoms with Gasteiger partial charge in [-0.05, 0) is 25.0 Å². The number of aliphatic imine (C=N–C) groups is 1. The van der Waals surface area contributed by atoms with Crippen LogP contribution in [0.25, 0.3) is 0 Å². The molecule has 0 heterocycles. The zero-order chi connectivity index (χ0) is 15.5. The number of ether oxygens (including phenoxy) is 2. The standard InChI is InChI=1S/C15H25N3O3/c1-4-21-10-9-18-15(16-2)17-8-7-12-5-6-13(20-3)11-14(12)19/h5-6,11,19H,4,7-10H2,1-3H3,(H2,16,17,18). The Balaban J connectivity index is 2.34. The summed E-state index contributed by atoms with van der Waals surface area (Å²) in [4.78, 5) is 4.12. The number of hydrogen-bond acceptors (Lipinski definition) is 4. The lowest BCUT2D eigenvalue weighted by molar-refractivity contribution is 0.152. The summed E-state index contributed by atoms with van der Waals surface area (Å²) in [5.41, 5.74) is 0.869. The maximum Gasteiger partial charge on any atom is 0.191 e. The first-order chi connectivity index (χ1) is 10.2. The molecule has 6 heteroatoms. The molecule has 6 nitrogen and oxygen atoms in total. The van der Waals surface area contributed by atoms with Crippen molar-refractivity contribution in [3.63, 3.8) is 0 Å². The lowest BCUT2D eigenvalue weighted by atomic mass is 10.1. The number of rotatable bonds is 8. The highest BCUT2D eigenvalue weighted by Crippen LogP contribution is 2.23. The van der Waals surface area contributed by atoms with Gasteiger partial charge in [0.2, 0.25) is 0 Å². The fourth-order valence-electron chi connectivity index (χ4n) is 1.80. The van der Waals surface area contributed by atoms with Crippen LogP contribution in [0.1, 0.15) is 12.5 Å². The molecule has 0 aromatic heterocycles. The SMILES string of the molecule is CCOCCNC(=NC)NCCc1ccc(OC)cc1O. The Morgan fingerprint density at radius 1 is 1.29 bits per heavy atom. The Labute approximate surface area is 126 Å². The van der Waals surface area contributed by atoms with Gasteiger partial charge < -0.3 is 25.2 Å². The summed E-state index contributed by atoms with van der Waals surface area (Å²) in [6, 6.07) is 5.32. The quantitative estimate of drug-likeness (QED) is 0.381. The number of hydrogen-bond donors (Lipinski definition) is 3. The van der Waals surface area contributed by atoms with Crippen molar-refractivity contribution in [1.29, 1.82) is 0 Å². The monoisotopic (exact) mass is 295 g/mol. The Bertz CT molecular complexity index is 450. The topological polar surface area (TPSA) is 75.1 Å². The van der Waals surface area contributed by atoms with E-state index in [1.807, 2.05) is 19.1 Å². The molecule has 1 aromatic rings. The molecule has 0 saturated carbocycles. The summed E-state index contributed by atoms with van der Waals surface area (Å²) in [7, 11) is 3.30. The van der Waals surface area contributed by atoms with E-state index in [0.717, 1.165) is 11.5 Å². The van der Waals surface area contributed by atoms with Crippen molar-refractivity contribution in [2.24, 2.45) is 4.99 Å². The van der Waals surface area contributed by atoms with Crippen LogP contribution in [0.2, 0.25) is 0 Å². The van der Waals surface area contributed by atoms with Crippen LogP contribution in [-0.4, -0.2) is 51.5 Å². The first-order valence-electron chi connectivity index (χ1n) is 7.09. The molecule has 0 aliphatic rings. The Morgan fingerprint density at radius 3 is 2.67 bits per heavy atom. The molecule has 0 amide bonds. The molecule has 0 fully saturated rings. The molecule has 0 bridgehead atoms. The zero-order valence-corrected chi connectivity index (χ0v) is 13.0. The second-order valence-corrected chi connectivity index (χ2v) is 4.37. The third-order valence-electron chi connectivity index (χ3n) is 2.95. The second-order valence-electron chi connectivity index (χ2n) is 4.37. The molecule has 1 rings (SSSR count). The van der Waals surface area contributed by atoms with Gasteiger partial charge in [-0.2, -0.15) is 0 Å². The van der Waals surface area contributed by atoms with Crippen LogP contribution in [-0.2, 0) is 11.2 Å². The van der Waals surface area contributed by atoms with Crippen LogP contribution in [0.5, 0.6) is 11.5 Å². The predicted octanol–water partition coefficient (Wildman–Crippen LogP) is 1.14. The van der Waals surface area contributed by atoms with Crippen molar-refractivity contribution in [3.8, 4) is 11.5 Å². The summed E-state index contributed by atoms with van der Waals surface area (Å²) < 4.78 is 10.3. The Morgan fingerprint density at radius 2 is 2.05 bits per heavy atom. The maximum atomic E-state index is 9.88. The van der Waals surface area contributed by atoms with Gasteiger partial charge in [-0.15, -0.1) is 0 Å². The third-order valence-corrected chi connectivity index (χ3v) is 2.95. The molecular formula is C15H25N3O3. The van der Waals surface area contributed by atoms with E-state index in [2.05, 4.69) is 15.6 Å². The van der Waals surface area contributed by atoms with Gasteiger partial charge in [0.1, 0.15) is 11.5 Å². The fraction of sp³-hybridized carbons (Fsp3) is 0.533. The Hall–Kier alpha value is -1.95. The van der Waals surface area contributed by atoms with E-state index in [-0.39, 0.29) is 5.75 Å². The van der Waals surface area contributed by atoms with E-state index in [1.54, 1.807) is 20.2 Å². The molecule has 0 aliphatic carbocycles. The molecule has 0 unspecified atom stereocenters. The zero-order valence-electron chi connectivity index (χ0n) is 13.0. The van der Waals surface area contributed by atoms with E-state index >= 15 is 0 Å². The van der Waals surface area contributed by atoms with Gasteiger partial charge in [0, 0.05) is 32.8 Å². The number of methoxy groups -OCH3 is 1. The molecular weight excluding hydrogens is 270 g/mol. The van der Waals surface area contributed by atoms with Gasteiger partial charge >= 0.3 is 0 Å². The van der Waals surface area contributed by atoms with Gasteiger partial charge in [-0.25, -0.2) is 0 Å². The van der Waals surface area contributed by atoms with Crippen molar-refractivity contribution in [2.45, 2.75) is 13.3 Å². The van der Waals surface area contributed by atoms with Gasteiger partial charge in [0.15, 0.2) is 5.96 Å². The predicted molar refractivity (Wildman–Crippen MR) is 84.2 cm³/mol. The maximum absolute atomic E-state index is 9.88. The lowest BCUT2D eigenvalue weighted by Crippen LogP contribution is -2.39. The molecule has 0 atom stereocenters. The van der Waals surface area contributed by atoms with Crippen LogP contribution in [0.15, 0.2) is 23.2 Å². The van der Waals surface area contributed by atoms with Crippen molar-refractivity contribution >= 4 is 5.96 Å². The summed E-state index contributed by atoms with van der Waals surface area (Å²) in [6.07, 6.45) is 0.696. The van der Waals surface area contributed by atoms with Gasteiger partial charge in [-0.3, -0.25) is 4.99 Å². The molecule has 1 aromatic carbocycles. The van der Waals surface area contributed by atoms with Crippen LogP contribution in [0, 0.1) is 0 Å². The van der Waals surface area contributed by atoms with Crippen molar-refractivity contribution in [1.82, 2.24) is 10.6 Å². The average Bonchev–Trinajstić information content (AvgIpc) is 2.51. The number of benzene rings is 1. The highest BCUT2D eigenvalue weighted by atomic mass is 16.5.